The minimum atomic E-state index is -0.0818. The van der Waals surface area contributed by atoms with Crippen LogP contribution in [0.4, 0.5) is 11.4 Å². The number of thioether (sulfide) groups is 1. The molecule has 0 spiro atoms. The van der Waals surface area contributed by atoms with Gasteiger partial charge in [-0.05, 0) is 60.7 Å². The van der Waals surface area contributed by atoms with E-state index < -0.39 is 0 Å². The molecule has 10 heteroatoms. The number of carbonyl (C=O) groups excluding carboxylic acids is 2. The van der Waals surface area contributed by atoms with E-state index in [1.54, 1.807) is 31.4 Å². The van der Waals surface area contributed by atoms with Crippen molar-refractivity contribution in [2.24, 2.45) is 0 Å². The van der Waals surface area contributed by atoms with E-state index in [-0.39, 0.29) is 17.6 Å². The number of rotatable bonds is 8. The summed E-state index contributed by atoms with van der Waals surface area (Å²) in [4.78, 5) is 34.1. The molecule has 4 aromatic rings. The lowest BCUT2D eigenvalue weighted by Gasteiger charge is -2.36. The summed E-state index contributed by atoms with van der Waals surface area (Å²) < 4.78 is 6.02. The number of hydrogen-bond acceptors (Lipinski definition) is 7. The molecule has 5 rings (SSSR count). The maximum atomic E-state index is 12.8. The Bertz CT molecular complexity index is 1420. The van der Waals surface area contributed by atoms with Crippen LogP contribution in [0.15, 0.2) is 82.5 Å². The van der Waals surface area contributed by atoms with E-state index in [1.165, 1.54) is 23.1 Å². The zero-order valence-electron chi connectivity index (χ0n) is 21.3. The van der Waals surface area contributed by atoms with Crippen molar-refractivity contribution in [1.82, 2.24) is 9.88 Å². The summed E-state index contributed by atoms with van der Waals surface area (Å²) in [6.07, 6.45) is 0. The third kappa shape index (κ3) is 6.92. The Morgan fingerprint density at radius 3 is 2.33 bits per heavy atom. The number of benzene rings is 3. The molecule has 0 saturated carbocycles. The largest absolute Gasteiger partial charge is 0.497 e. The molecule has 3 aromatic carbocycles. The summed E-state index contributed by atoms with van der Waals surface area (Å²) in [6, 6.07) is 22.6. The summed E-state index contributed by atoms with van der Waals surface area (Å²) in [5.41, 5.74) is 4.35. The zero-order valence-corrected chi connectivity index (χ0v) is 23.7. The molecule has 0 bridgehead atoms. The van der Waals surface area contributed by atoms with Gasteiger partial charge in [-0.15, -0.1) is 11.3 Å². The summed E-state index contributed by atoms with van der Waals surface area (Å²) in [5, 5.41) is 5.63. The van der Waals surface area contributed by atoms with Crippen LogP contribution in [0.5, 0.6) is 5.75 Å². The summed E-state index contributed by atoms with van der Waals surface area (Å²) in [5.74, 6) is 0.964. The quantitative estimate of drug-likeness (QED) is 0.252. The maximum absolute atomic E-state index is 12.8. The van der Waals surface area contributed by atoms with Gasteiger partial charge in [0, 0.05) is 59.1 Å². The number of hydrogen-bond donors (Lipinski definition) is 1. The minimum Gasteiger partial charge on any atom is -0.497 e. The van der Waals surface area contributed by atoms with Crippen molar-refractivity contribution >= 4 is 57.9 Å². The number of ether oxygens (including phenoxy) is 1. The van der Waals surface area contributed by atoms with Gasteiger partial charge in [-0.3, -0.25) is 9.59 Å². The molecule has 1 aliphatic rings. The maximum Gasteiger partial charge on any atom is 0.253 e. The highest BCUT2D eigenvalue weighted by Gasteiger charge is 2.22. The molecule has 1 aliphatic heterocycles. The molecule has 39 heavy (non-hydrogen) atoms. The van der Waals surface area contributed by atoms with Gasteiger partial charge >= 0.3 is 0 Å². The Morgan fingerprint density at radius 2 is 1.67 bits per heavy atom. The number of amides is 2. The molecule has 1 aromatic heterocycles. The van der Waals surface area contributed by atoms with Gasteiger partial charge in [-0.25, -0.2) is 4.98 Å². The van der Waals surface area contributed by atoms with Gasteiger partial charge in [0.25, 0.3) is 5.91 Å². The van der Waals surface area contributed by atoms with Crippen LogP contribution in [-0.4, -0.2) is 60.7 Å². The van der Waals surface area contributed by atoms with Crippen molar-refractivity contribution in [3.05, 3.63) is 88.8 Å². The molecule has 2 heterocycles. The number of nitrogens with zero attached hydrogens (tertiary/aromatic N) is 3. The van der Waals surface area contributed by atoms with Crippen molar-refractivity contribution in [3.63, 3.8) is 0 Å². The van der Waals surface area contributed by atoms with E-state index in [0.29, 0.717) is 23.7 Å². The van der Waals surface area contributed by atoms with Gasteiger partial charge in [-0.2, -0.15) is 0 Å². The monoisotopic (exact) mass is 578 g/mol. The number of carbonyl (C=O) groups is 2. The van der Waals surface area contributed by atoms with Crippen LogP contribution in [-0.2, 0) is 4.79 Å². The number of aromatic nitrogens is 1. The normalized spacial score (nSPS) is 13.3. The van der Waals surface area contributed by atoms with Gasteiger partial charge in [0.15, 0.2) is 4.34 Å². The van der Waals surface area contributed by atoms with E-state index in [1.807, 2.05) is 58.8 Å². The molecule has 2 amide bonds. The highest BCUT2D eigenvalue weighted by molar-refractivity contribution is 8.01. The highest BCUT2D eigenvalue weighted by atomic mass is 35.5. The second-order valence-corrected chi connectivity index (χ2v) is 11.4. The molecular formula is C29H27ClN4O3S2. The average Bonchev–Trinajstić information content (AvgIpc) is 3.46. The minimum absolute atomic E-state index is 0.0344. The van der Waals surface area contributed by atoms with Crippen molar-refractivity contribution in [3.8, 4) is 17.0 Å². The number of nitrogens with one attached hydrogen (secondary N) is 1. The van der Waals surface area contributed by atoms with E-state index in [9.17, 15) is 9.59 Å². The Kier molecular flexibility index (Phi) is 8.71. The smallest absolute Gasteiger partial charge is 0.253 e. The van der Waals surface area contributed by atoms with Crippen molar-refractivity contribution in [2.45, 2.75) is 4.34 Å². The standard InChI is InChI=1S/C29H27ClN4O3S2/c1-37-25-12-4-21(5-13-25)28(36)34-16-14-33(15-17-34)24-10-8-23(9-11-24)31-27(35)19-39-29-32-26(18-38-29)20-2-6-22(30)7-3-20/h2-13,18H,14-17,19H2,1H3,(H,31,35). The number of thiazole rings is 1. The SMILES string of the molecule is COc1ccc(C(=O)N2CCN(c3ccc(NC(=O)CSc4nc(-c5ccc(Cl)cc5)cs4)cc3)CC2)cc1. The lowest BCUT2D eigenvalue weighted by Crippen LogP contribution is -2.48. The average molecular weight is 579 g/mol. The molecule has 7 nitrogen and oxygen atoms in total. The van der Waals surface area contributed by atoms with E-state index in [2.05, 4.69) is 15.2 Å². The molecule has 1 fully saturated rings. The van der Waals surface area contributed by atoms with Crippen LogP contribution >= 0.6 is 34.7 Å². The van der Waals surface area contributed by atoms with Gasteiger partial charge in [0.2, 0.25) is 5.91 Å². The first-order chi connectivity index (χ1) is 19.0. The number of anilines is 2. The fourth-order valence-corrected chi connectivity index (χ4v) is 6.00. The molecule has 200 valence electrons. The first-order valence-electron chi connectivity index (χ1n) is 12.4. The molecule has 0 atom stereocenters. The zero-order chi connectivity index (χ0) is 27.2. The van der Waals surface area contributed by atoms with Crippen molar-refractivity contribution < 1.29 is 14.3 Å². The predicted octanol–water partition coefficient (Wildman–Crippen LogP) is 6.17. The van der Waals surface area contributed by atoms with Crippen LogP contribution < -0.4 is 15.0 Å². The molecule has 0 aliphatic carbocycles. The van der Waals surface area contributed by atoms with Gasteiger partial charge in [-0.1, -0.05) is 35.5 Å². The Labute approximate surface area is 240 Å². The van der Waals surface area contributed by atoms with E-state index in [4.69, 9.17) is 16.3 Å². The third-order valence-electron chi connectivity index (χ3n) is 6.37. The van der Waals surface area contributed by atoms with Crippen molar-refractivity contribution in [1.29, 1.82) is 0 Å². The lowest BCUT2D eigenvalue weighted by molar-refractivity contribution is -0.113. The first kappa shape index (κ1) is 27.1. The van der Waals surface area contributed by atoms with Crippen molar-refractivity contribution in [2.75, 3.05) is 49.3 Å². The lowest BCUT2D eigenvalue weighted by atomic mass is 10.1. The van der Waals surface area contributed by atoms with Gasteiger partial charge < -0.3 is 19.9 Å². The Hall–Kier alpha value is -3.53. The number of methoxy groups -OCH3 is 1. The predicted molar refractivity (Wildman–Crippen MR) is 159 cm³/mol. The highest BCUT2D eigenvalue weighted by Crippen LogP contribution is 2.29. The van der Waals surface area contributed by atoms with E-state index in [0.717, 1.165) is 45.8 Å². The van der Waals surface area contributed by atoms with E-state index >= 15 is 0 Å². The molecule has 0 radical (unpaired) electrons. The molecule has 1 N–H and O–H groups in total. The molecule has 0 unspecified atom stereocenters. The topological polar surface area (TPSA) is 74.8 Å². The number of halogens is 1. The van der Waals surface area contributed by atoms with Gasteiger partial charge in [0.1, 0.15) is 5.75 Å². The fourth-order valence-electron chi connectivity index (χ4n) is 4.24. The van der Waals surface area contributed by atoms with Gasteiger partial charge in [0.05, 0.1) is 18.6 Å². The van der Waals surface area contributed by atoms with Crippen LogP contribution in [0.2, 0.25) is 5.02 Å². The fraction of sp³-hybridized carbons (Fsp3) is 0.207. The first-order valence-corrected chi connectivity index (χ1v) is 14.7. The summed E-state index contributed by atoms with van der Waals surface area (Å²) in [6.45, 7) is 2.79. The van der Waals surface area contributed by atoms with Crippen LogP contribution in [0, 0.1) is 0 Å². The molecule has 1 saturated heterocycles. The van der Waals surface area contributed by atoms with Crippen LogP contribution in [0.3, 0.4) is 0 Å². The molecular weight excluding hydrogens is 552 g/mol. The van der Waals surface area contributed by atoms with Crippen LogP contribution in [0.1, 0.15) is 10.4 Å². The van der Waals surface area contributed by atoms with Crippen LogP contribution in [0.25, 0.3) is 11.3 Å². The second-order valence-electron chi connectivity index (χ2n) is 8.90. The number of piperazine rings is 1. The Balaban J connectivity index is 1.08. The summed E-state index contributed by atoms with van der Waals surface area (Å²) >= 11 is 8.90. The Morgan fingerprint density at radius 1 is 0.974 bits per heavy atom. The third-order valence-corrected chi connectivity index (χ3v) is 8.64. The second kappa shape index (κ2) is 12.5. The summed E-state index contributed by atoms with van der Waals surface area (Å²) in [7, 11) is 1.61.